The van der Waals surface area contributed by atoms with E-state index >= 15 is 0 Å². The van der Waals surface area contributed by atoms with Crippen molar-refractivity contribution in [2.75, 3.05) is 0 Å². The molecule has 2 aromatic heterocycles. The smallest absolute Gasteiger partial charge is 0.194 e. The predicted molar refractivity (Wildman–Crippen MR) is 100 cm³/mol. The number of alkyl halides is 6. The third-order valence-electron chi connectivity index (χ3n) is 1.88. The number of nitrogens with zero attached hydrogens (tertiary/aromatic N) is 3. The van der Waals surface area contributed by atoms with Gasteiger partial charge < -0.3 is 0 Å². The van der Waals surface area contributed by atoms with Crippen molar-refractivity contribution in [3.63, 3.8) is 0 Å². The summed E-state index contributed by atoms with van der Waals surface area (Å²) < 4.78 is -1.40. The van der Waals surface area contributed by atoms with E-state index in [0.717, 1.165) is 4.88 Å². The highest BCUT2D eigenvalue weighted by Gasteiger charge is 2.32. The maximum absolute atomic E-state index is 4.45. The SMILES string of the molecule is BrC(Br)(Br)c1nc(-c2cccs2)nc(C(Br)(Br)Br)n1. The lowest BCUT2D eigenvalue weighted by Gasteiger charge is -2.16. The molecule has 0 N–H and O–H groups in total. The zero-order chi connectivity index (χ0) is 14.3. The molecule has 0 radical (unpaired) electrons. The Morgan fingerprint density at radius 2 is 1.37 bits per heavy atom. The van der Waals surface area contributed by atoms with Gasteiger partial charge in [0.25, 0.3) is 0 Å². The fraction of sp³-hybridized carbons (Fsp3) is 0.222. The summed E-state index contributed by atoms with van der Waals surface area (Å²) in [5.74, 6) is 1.65. The zero-order valence-corrected chi connectivity index (χ0v) is 19.1. The molecular formula is C9H3Br6N3S. The maximum atomic E-state index is 4.45. The number of halogens is 6. The van der Waals surface area contributed by atoms with E-state index in [2.05, 4.69) is 111 Å². The van der Waals surface area contributed by atoms with E-state index in [1.165, 1.54) is 0 Å². The topological polar surface area (TPSA) is 38.7 Å². The van der Waals surface area contributed by atoms with Crippen molar-refractivity contribution in [2.24, 2.45) is 0 Å². The highest BCUT2D eigenvalue weighted by molar-refractivity contribution is 9.39. The summed E-state index contributed by atoms with van der Waals surface area (Å²) in [5, 5.41) is 1.98. The lowest BCUT2D eigenvalue weighted by molar-refractivity contribution is 0.895. The third kappa shape index (κ3) is 4.53. The van der Waals surface area contributed by atoms with Crippen LogP contribution in [0, 0.1) is 0 Å². The Bertz CT molecular complexity index is 542. The molecule has 0 fully saturated rings. The Morgan fingerprint density at radius 1 is 0.842 bits per heavy atom. The van der Waals surface area contributed by atoms with E-state index in [-0.39, 0.29) is 0 Å². The van der Waals surface area contributed by atoms with Gasteiger partial charge in [0.15, 0.2) is 21.8 Å². The van der Waals surface area contributed by atoms with Gasteiger partial charge in [0.1, 0.15) is 0 Å². The second-order valence-electron chi connectivity index (χ2n) is 3.28. The van der Waals surface area contributed by atoms with Crippen LogP contribution in [0.3, 0.4) is 0 Å². The van der Waals surface area contributed by atoms with Gasteiger partial charge in [-0.25, -0.2) is 15.0 Å². The highest BCUT2D eigenvalue weighted by atomic mass is 80.0. The van der Waals surface area contributed by atoms with Crippen molar-refractivity contribution in [3.8, 4) is 10.7 Å². The summed E-state index contributed by atoms with van der Waals surface area (Å²) in [4.78, 5) is 14.2. The number of hydrogen-bond donors (Lipinski definition) is 0. The first-order valence-electron chi connectivity index (χ1n) is 4.62. The van der Waals surface area contributed by atoms with Gasteiger partial charge >= 0.3 is 0 Å². The average Bonchev–Trinajstić information content (AvgIpc) is 2.79. The van der Waals surface area contributed by atoms with Crippen LogP contribution in [-0.2, 0) is 4.29 Å². The van der Waals surface area contributed by atoms with Crippen LogP contribution >= 0.6 is 107 Å². The van der Waals surface area contributed by atoms with Crippen LogP contribution in [0.2, 0.25) is 0 Å². The second-order valence-corrected chi connectivity index (χ2v) is 17.7. The van der Waals surface area contributed by atoms with Gasteiger partial charge in [-0.15, -0.1) is 11.3 Å². The van der Waals surface area contributed by atoms with Gasteiger partial charge in [-0.2, -0.15) is 0 Å². The normalized spacial score (nSPS) is 12.7. The standard InChI is InChI=1S/C9H3Br6N3S/c10-8(11,12)6-16-5(4-2-1-3-19-4)17-7(18-6)9(13,14)15/h1-3H. The van der Waals surface area contributed by atoms with Crippen LogP contribution in [0.4, 0.5) is 0 Å². The first kappa shape index (κ1) is 17.0. The monoisotopic (exact) mass is 659 g/mol. The fourth-order valence-electron chi connectivity index (χ4n) is 1.15. The molecule has 102 valence electrons. The van der Waals surface area contributed by atoms with Crippen LogP contribution in [0.25, 0.3) is 10.7 Å². The van der Waals surface area contributed by atoms with Crippen LogP contribution < -0.4 is 0 Å². The van der Waals surface area contributed by atoms with E-state index in [9.17, 15) is 0 Å². The molecule has 2 aromatic rings. The average molecular weight is 665 g/mol. The third-order valence-corrected chi connectivity index (χ3v) is 4.88. The minimum absolute atomic E-state index is 0.517. The molecule has 0 saturated carbocycles. The number of aromatic nitrogens is 3. The molecule has 0 amide bonds. The maximum Gasteiger partial charge on any atom is 0.194 e. The Hall–Kier alpha value is 1.59. The van der Waals surface area contributed by atoms with Crippen molar-refractivity contribution >= 4 is 107 Å². The van der Waals surface area contributed by atoms with Crippen LogP contribution in [0.1, 0.15) is 11.6 Å². The molecule has 19 heavy (non-hydrogen) atoms. The zero-order valence-electron chi connectivity index (χ0n) is 8.75. The predicted octanol–water partition coefficient (Wildman–Crippen LogP) is 6.19. The minimum atomic E-state index is -0.699. The van der Waals surface area contributed by atoms with Gasteiger partial charge in [0.2, 0.25) is 0 Å². The van der Waals surface area contributed by atoms with E-state index < -0.39 is 4.29 Å². The Balaban J connectivity index is 2.62. The fourth-order valence-corrected chi connectivity index (χ4v) is 2.87. The Morgan fingerprint density at radius 3 is 1.74 bits per heavy atom. The summed E-state index contributed by atoms with van der Waals surface area (Å²) in [7, 11) is 0. The van der Waals surface area contributed by atoms with Crippen LogP contribution in [-0.4, -0.2) is 15.0 Å². The lowest BCUT2D eigenvalue weighted by Crippen LogP contribution is -2.15. The quantitative estimate of drug-likeness (QED) is 0.342. The second kappa shape index (κ2) is 6.37. The summed E-state index contributed by atoms with van der Waals surface area (Å²) in [5.41, 5.74) is 0. The molecule has 2 rings (SSSR count). The molecule has 0 unspecified atom stereocenters. The van der Waals surface area contributed by atoms with Gasteiger partial charge in [0.05, 0.1) is 4.88 Å². The Labute approximate surface area is 164 Å². The minimum Gasteiger partial charge on any atom is -0.211 e. The van der Waals surface area contributed by atoms with Crippen LogP contribution in [0.15, 0.2) is 17.5 Å². The lowest BCUT2D eigenvalue weighted by atomic mass is 10.4. The van der Waals surface area contributed by atoms with Gasteiger partial charge in [-0.3, -0.25) is 0 Å². The molecule has 0 bridgehead atoms. The van der Waals surface area contributed by atoms with E-state index in [1.807, 2.05) is 17.5 Å². The molecule has 0 spiro atoms. The number of thiophene rings is 1. The molecule has 0 aliphatic rings. The van der Waals surface area contributed by atoms with Crippen LogP contribution in [0.5, 0.6) is 0 Å². The van der Waals surface area contributed by atoms with Crippen molar-refractivity contribution in [1.82, 2.24) is 15.0 Å². The largest absolute Gasteiger partial charge is 0.211 e. The number of hydrogen-bond acceptors (Lipinski definition) is 4. The molecule has 10 heteroatoms. The molecule has 0 atom stereocenters. The molecule has 0 aromatic carbocycles. The van der Waals surface area contributed by atoms with E-state index in [0.29, 0.717) is 17.5 Å². The first-order valence-corrected chi connectivity index (χ1v) is 10.3. The summed E-state index contributed by atoms with van der Waals surface area (Å²) in [6.45, 7) is 0. The molecular weight excluding hydrogens is 662 g/mol. The van der Waals surface area contributed by atoms with Crippen molar-refractivity contribution in [3.05, 3.63) is 29.2 Å². The van der Waals surface area contributed by atoms with Crippen molar-refractivity contribution < 1.29 is 0 Å². The molecule has 0 aliphatic heterocycles. The van der Waals surface area contributed by atoms with E-state index in [4.69, 9.17) is 0 Å². The first-order chi connectivity index (χ1) is 8.68. The van der Waals surface area contributed by atoms with Crippen molar-refractivity contribution in [1.29, 1.82) is 0 Å². The molecule has 3 nitrogen and oxygen atoms in total. The molecule has 2 heterocycles. The van der Waals surface area contributed by atoms with Gasteiger partial charge in [-0.05, 0) is 11.4 Å². The highest BCUT2D eigenvalue weighted by Crippen LogP contribution is 2.46. The number of rotatable bonds is 1. The summed E-state index contributed by atoms with van der Waals surface area (Å²) in [6, 6.07) is 3.92. The summed E-state index contributed by atoms with van der Waals surface area (Å²) in [6.07, 6.45) is 0. The molecule has 0 aliphatic carbocycles. The van der Waals surface area contributed by atoms with Crippen molar-refractivity contribution in [2.45, 2.75) is 4.29 Å². The Kier molecular flexibility index (Phi) is 5.69. The van der Waals surface area contributed by atoms with E-state index in [1.54, 1.807) is 11.3 Å². The van der Waals surface area contributed by atoms with Gasteiger partial charge in [0, 0.05) is 0 Å². The molecule has 0 saturated heterocycles. The van der Waals surface area contributed by atoms with Gasteiger partial charge in [-0.1, -0.05) is 102 Å². The summed E-state index contributed by atoms with van der Waals surface area (Å²) >= 11 is 22.1.